The van der Waals surface area contributed by atoms with Gasteiger partial charge in [0, 0.05) is 17.1 Å². The Balaban J connectivity index is 1.43. The number of nitrogens with zero attached hydrogens (tertiary/aromatic N) is 2. The Hall–Kier alpha value is -3.91. The first-order valence-electron chi connectivity index (χ1n) is 9.82. The van der Waals surface area contributed by atoms with E-state index in [0.717, 1.165) is 16.8 Å². The van der Waals surface area contributed by atoms with Crippen LogP contribution in [0.2, 0.25) is 0 Å². The highest BCUT2D eigenvalue weighted by Crippen LogP contribution is 2.30. The van der Waals surface area contributed by atoms with Crippen molar-refractivity contribution in [1.82, 2.24) is 9.61 Å². The summed E-state index contributed by atoms with van der Waals surface area (Å²) in [6.45, 7) is 0. The van der Waals surface area contributed by atoms with Crippen LogP contribution < -0.4 is 0 Å². The topological polar surface area (TPSA) is 17.3 Å². The molecule has 0 atom stereocenters. The SMILES string of the molecule is c1ccc2cn3nc(-c4ccc(-c5cccc6ccccc56)cc4)cc3cc2c1. The summed E-state index contributed by atoms with van der Waals surface area (Å²) in [6.07, 6.45) is 2.10. The molecule has 6 rings (SSSR count). The van der Waals surface area contributed by atoms with Crippen LogP contribution in [0.4, 0.5) is 0 Å². The van der Waals surface area contributed by atoms with Gasteiger partial charge in [0.05, 0.1) is 11.2 Å². The van der Waals surface area contributed by atoms with E-state index in [4.69, 9.17) is 5.10 Å². The molecule has 2 nitrogen and oxygen atoms in total. The molecule has 0 aliphatic carbocycles. The van der Waals surface area contributed by atoms with Gasteiger partial charge in [-0.25, -0.2) is 4.52 Å². The molecule has 2 heteroatoms. The van der Waals surface area contributed by atoms with Gasteiger partial charge >= 0.3 is 0 Å². The van der Waals surface area contributed by atoms with Crippen LogP contribution in [0.1, 0.15) is 0 Å². The van der Waals surface area contributed by atoms with Gasteiger partial charge in [-0.1, -0.05) is 91.0 Å². The van der Waals surface area contributed by atoms with E-state index in [-0.39, 0.29) is 0 Å². The highest BCUT2D eigenvalue weighted by atomic mass is 15.2. The van der Waals surface area contributed by atoms with E-state index in [9.17, 15) is 0 Å². The van der Waals surface area contributed by atoms with Gasteiger partial charge in [0.25, 0.3) is 0 Å². The molecule has 0 unspecified atom stereocenters. The molecule has 0 saturated carbocycles. The van der Waals surface area contributed by atoms with Crippen molar-refractivity contribution in [3.63, 3.8) is 0 Å². The molecule has 0 bridgehead atoms. The van der Waals surface area contributed by atoms with Crippen molar-refractivity contribution in [1.29, 1.82) is 0 Å². The molecule has 0 aliphatic heterocycles. The molecule has 4 aromatic carbocycles. The normalized spacial score (nSPS) is 11.4. The van der Waals surface area contributed by atoms with Gasteiger partial charge in [-0.2, -0.15) is 5.10 Å². The minimum Gasteiger partial charge on any atom is -0.240 e. The fraction of sp³-hybridized carbons (Fsp3) is 0. The third kappa shape index (κ3) is 2.69. The van der Waals surface area contributed by atoms with E-state index < -0.39 is 0 Å². The van der Waals surface area contributed by atoms with E-state index in [1.54, 1.807) is 0 Å². The Bertz CT molecular complexity index is 1430. The first-order chi connectivity index (χ1) is 14.3. The van der Waals surface area contributed by atoms with Gasteiger partial charge in [-0.15, -0.1) is 0 Å². The lowest BCUT2D eigenvalue weighted by molar-refractivity contribution is 0.974. The summed E-state index contributed by atoms with van der Waals surface area (Å²) >= 11 is 0. The van der Waals surface area contributed by atoms with Crippen LogP contribution in [-0.2, 0) is 0 Å². The predicted octanol–water partition coefficient (Wildman–Crippen LogP) is 6.97. The van der Waals surface area contributed by atoms with Crippen molar-refractivity contribution in [2.45, 2.75) is 0 Å². The molecule has 6 aromatic rings. The van der Waals surface area contributed by atoms with Gasteiger partial charge in [0.15, 0.2) is 0 Å². The molecule has 0 fully saturated rings. The van der Waals surface area contributed by atoms with Gasteiger partial charge in [-0.05, 0) is 39.4 Å². The van der Waals surface area contributed by atoms with E-state index in [0.29, 0.717) is 0 Å². The Labute approximate surface area is 168 Å². The van der Waals surface area contributed by atoms with Crippen LogP contribution in [0, 0.1) is 0 Å². The van der Waals surface area contributed by atoms with E-state index >= 15 is 0 Å². The van der Waals surface area contributed by atoms with E-state index in [1.807, 2.05) is 4.52 Å². The number of hydrogen-bond acceptors (Lipinski definition) is 1. The number of rotatable bonds is 2. The van der Waals surface area contributed by atoms with Crippen molar-refractivity contribution < 1.29 is 0 Å². The minimum absolute atomic E-state index is 0.991. The summed E-state index contributed by atoms with van der Waals surface area (Å²) in [7, 11) is 0. The third-order valence-electron chi connectivity index (χ3n) is 5.61. The quantitative estimate of drug-likeness (QED) is 0.321. The number of benzene rings is 4. The number of aromatic nitrogens is 2. The predicted molar refractivity (Wildman–Crippen MR) is 121 cm³/mol. The van der Waals surface area contributed by atoms with Crippen LogP contribution in [0.15, 0.2) is 109 Å². The smallest absolute Gasteiger partial charge is 0.0933 e. The summed E-state index contributed by atoms with van der Waals surface area (Å²) in [5.74, 6) is 0. The van der Waals surface area contributed by atoms with Crippen LogP contribution in [-0.4, -0.2) is 9.61 Å². The summed E-state index contributed by atoms with van der Waals surface area (Å²) < 4.78 is 1.97. The Morgan fingerprint density at radius 1 is 0.552 bits per heavy atom. The summed E-state index contributed by atoms with van der Waals surface area (Å²) in [5, 5.41) is 9.78. The molecule has 0 radical (unpaired) electrons. The van der Waals surface area contributed by atoms with Crippen LogP contribution in [0.5, 0.6) is 0 Å². The molecular formula is C27H18N2. The van der Waals surface area contributed by atoms with Gasteiger partial charge in [-0.3, -0.25) is 0 Å². The van der Waals surface area contributed by atoms with E-state index in [1.165, 1.54) is 32.7 Å². The number of hydrogen-bond donors (Lipinski definition) is 0. The molecule has 2 aromatic heterocycles. The van der Waals surface area contributed by atoms with Crippen molar-refractivity contribution in [3.8, 4) is 22.4 Å². The molecule has 0 amide bonds. The molecule has 0 saturated heterocycles. The third-order valence-corrected chi connectivity index (χ3v) is 5.61. The monoisotopic (exact) mass is 370 g/mol. The average molecular weight is 370 g/mol. The van der Waals surface area contributed by atoms with Crippen molar-refractivity contribution >= 4 is 27.1 Å². The Morgan fingerprint density at radius 3 is 2.10 bits per heavy atom. The van der Waals surface area contributed by atoms with Gasteiger partial charge in [0.1, 0.15) is 0 Å². The second kappa shape index (κ2) is 6.32. The lowest BCUT2D eigenvalue weighted by atomic mass is 9.97. The zero-order chi connectivity index (χ0) is 19.2. The highest BCUT2D eigenvalue weighted by molar-refractivity contribution is 5.96. The van der Waals surface area contributed by atoms with Gasteiger partial charge in [0.2, 0.25) is 0 Å². The van der Waals surface area contributed by atoms with E-state index in [2.05, 4.69) is 109 Å². The molecule has 136 valence electrons. The average Bonchev–Trinajstić information content (AvgIpc) is 3.20. The molecular weight excluding hydrogens is 352 g/mol. The molecule has 29 heavy (non-hydrogen) atoms. The van der Waals surface area contributed by atoms with Crippen LogP contribution in [0.3, 0.4) is 0 Å². The van der Waals surface area contributed by atoms with Gasteiger partial charge < -0.3 is 0 Å². The standard InChI is InChI=1S/C27H18N2/c1-2-8-23-18-29-24(16-22(23)7-1)17-27(28-29)21-14-12-20(13-15-21)26-11-5-9-19-6-3-4-10-25(19)26/h1-18H. The Kier molecular flexibility index (Phi) is 3.50. The lowest BCUT2D eigenvalue weighted by Crippen LogP contribution is -1.87. The lowest BCUT2D eigenvalue weighted by Gasteiger charge is -2.07. The first kappa shape index (κ1) is 16.1. The zero-order valence-corrected chi connectivity index (χ0v) is 15.8. The summed E-state index contributed by atoms with van der Waals surface area (Å²) in [5.41, 5.74) is 5.71. The molecule has 2 heterocycles. The molecule has 0 N–H and O–H groups in total. The minimum atomic E-state index is 0.991. The summed E-state index contributed by atoms with van der Waals surface area (Å²) in [4.78, 5) is 0. The highest BCUT2D eigenvalue weighted by Gasteiger charge is 2.08. The zero-order valence-electron chi connectivity index (χ0n) is 15.8. The Morgan fingerprint density at radius 2 is 1.24 bits per heavy atom. The second-order valence-corrected chi connectivity index (χ2v) is 7.41. The molecule has 0 aliphatic rings. The maximum atomic E-state index is 4.80. The summed E-state index contributed by atoms with van der Waals surface area (Å²) in [6, 6.07) is 36.5. The van der Waals surface area contributed by atoms with Crippen LogP contribution >= 0.6 is 0 Å². The van der Waals surface area contributed by atoms with Crippen molar-refractivity contribution in [2.24, 2.45) is 0 Å². The van der Waals surface area contributed by atoms with Crippen molar-refractivity contribution in [3.05, 3.63) is 109 Å². The first-order valence-corrected chi connectivity index (χ1v) is 9.82. The maximum Gasteiger partial charge on any atom is 0.0933 e. The number of fused-ring (bicyclic) bond motifs is 3. The maximum absolute atomic E-state index is 4.80. The fourth-order valence-corrected chi connectivity index (χ4v) is 4.11. The fourth-order valence-electron chi connectivity index (χ4n) is 4.11. The van der Waals surface area contributed by atoms with Crippen LogP contribution in [0.25, 0.3) is 49.4 Å². The largest absolute Gasteiger partial charge is 0.240 e. The van der Waals surface area contributed by atoms with Crippen molar-refractivity contribution in [2.75, 3.05) is 0 Å². The number of pyridine rings is 1. The second-order valence-electron chi connectivity index (χ2n) is 7.41. The molecule has 0 spiro atoms.